The van der Waals surface area contributed by atoms with Crippen LogP contribution < -0.4 is 10.6 Å². The van der Waals surface area contributed by atoms with Crippen LogP contribution in [0.1, 0.15) is 16.1 Å². The highest BCUT2D eigenvalue weighted by Crippen LogP contribution is 2.32. The number of halogens is 2. The highest BCUT2D eigenvalue weighted by Gasteiger charge is 2.15. The van der Waals surface area contributed by atoms with Crippen molar-refractivity contribution >= 4 is 46.4 Å². The highest BCUT2D eigenvalue weighted by atomic mass is 35.5. The van der Waals surface area contributed by atoms with Crippen molar-refractivity contribution in [1.29, 1.82) is 0 Å². The summed E-state index contributed by atoms with van der Waals surface area (Å²) in [5.74, 6) is 0.0569. The second kappa shape index (κ2) is 9.73. The molecule has 0 aliphatic heterocycles. The summed E-state index contributed by atoms with van der Waals surface area (Å²) in [6.07, 6.45) is 0.288. The minimum Gasteiger partial charge on any atom is -0.451 e. The number of hydrogen-bond donors (Lipinski definition) is 2. The predicted octanol–water partition coefficient (Wildman–Crippen LogP) is 6.69. The van der Waals surface area contributed by atoms with Crippen LogP contribution in [0.25, 0.3) is 11.3 Å². The first-order valence-corrected chi connectivity index (χ1v) is 10.5. The van der Waals surface area contributed by atoms with Gasteiger partial charge in [-0.15, -0.1) is 0 Å². The molecule has 0 spiro atoms. The van der Waals surface area contributed by atoms with Gasteiger partial charge in [-0.3, -0.25) is 9.59 Å². The van der Waals surface area contributed by atoms with E-state index in [2.05, 4.69) is 10.6 Å². The molecule has 2 N–H and O–H groups in total. The molecule has 4 aromatic rings. The van der Waals surface area contributed by atoms with Crippen molar-refractivity contribution in [3.8, 4) is 11.3 Å². The van der Waals surface area contributed by atoms with E-state index in [0.717, 1.165) is 5.56 Å². The SMILES string of the molecule is O=C(Cc1ccccc1)Nc1ccc(NC(=O)c2ccc(-c3cc(Cl)ccc3Cl)o2)cc1. The van der Waals surface area contributed by atoms with Gasteiger partial charge in [-0.2, -0.15) is 0 Å². The molecule has 0 saturated heterocycles. The standard InChI is InChI=1S/C25H18Cl2N2O3/c26-17-6-11-21(27)20(15-17)22-12-13-23(32-22)25(31)29-19-9-7-18(8-10-19)28-24(30)14-16-4-2-1-3-5-16/h1-13,15H,14H2,(H,28,30)(H,29,31). The average Bonchev–Trinajstić information content (AvgIpc) is 3.28. The molecule has 32 heavy (non-hydrogen) atoms. The normalized spacial score (nSPS) is 10.6. The van der Waals surface area contributed by atoms with E-state index in [9.17, 15) is 9.59 Å². The van der Waals surface area contributed by atoms with Gasteiger partial charge < -0.3 is 15.1 Å². The fourth-order valence-electron chi connectivity index (χ4n) is 3.11. The summed E-state index contributed by atoms with van der Waals surface area (Å²) in [4.78, 5) is 24.7. The molecule has 0 aliphatic rings. The molecule has 2 amide bonds. The van der Waals surface area contributed by atoms with Crippen LogP contribution >= 0.6 is 23.2 Å². The van der Waals surface area contributed by atoms with E-state index < -0.39 is 5.91 Å². The first-order chi connectivity index (χ1) is 15.5. The summed E-state index contributed by atoms with van der Waals surface area (Å²) in [7, 11) is 0. The predicted molar refractivity (Wildman–Crippen MR) is 127 cm³/mol. The number of benzene rings is 3. The lowest BCUT2D eigenvalue weighted by Gasteiger charge is -2.07. The van der Waals surface area contributed by atoms with E-state index in [1.54, 1.807) is 54.6 Å². The monoisotopic (exact) mass is 464 g/mol. The Bertz CT molecular complexity index is 1250. The molecule has 0 unspecified atom stereocenters. The molecule has 0 aliphatic carbocycles. The van der Waals surface area contributed by atoms with Gasteiger partial charge in [-0.25, -0.2) is 0 Å². The summed E-state index contributed by atoms with van der Waals surface area (Å²) in [5, 5.41) is 6.59. The zero-order valence-corrected chi connectivity index (χ0v) is 18.3. The molecule has 0 saturated carbocycles. The maximum absolute atomic E-state index is 12.5. The van der Waals surface area contributed by atoms with Crippen molar-refractivity contribution < 1.29 is 14.0 Å². The second-order valence-electron chi connectivity index (χ2n) is 7.03. The summed E-state index contributed by atoms with van der Waals surface area (Å²) in [6, 6.07) is 24.6. The zero-order valence-electron chi connectivity index (χ0n) is 16.8. The number of hydrogen-bond acceptors (Lipinski definition) is 3. The van der Waals surface area contributed by atoms with E-state index in [1.807, 2.05) is 30.3 Å². The van der Waals surface area contributed by atoms with Crippen molar-refractivity contribution in [2.24, 2.45) is 0 Å². The second-order valence-corrected chi connectivity index (χ2v) is 7.87. The smallest absolute Gasteiger partial charge is 0.291 e. The lowest BCUT2D eigenvalue weighted by Crippen LogP contribution is -2.14. The Morgan fingerprint density at radius 1 is 0.781 bits per heavy atom. The summed E-state index contributed by atoms with van der Waals surface area (Å²) < 4.78 is 5.66. The fourth-order valence-corrected chi connectivity index (χ4v) is 3.49. The van der Waals surface area contributed by atoms with Gasteiger partial charge in [-0.05, 0) is 60.2 Å². The van der Waals surface area contributed by atoms with E-state index in [0.29, 0.717) is 32.7 Å². The third kappa shape index (κ3) is 5.38. The molecule has 1 heterocycles. The highest BCUT2D eigenvalue weighted by molar-refractivity contribution is 6.35. The van der Waals surface area contributed by atoms with Gasteiger partial charge in [0.25, 0.3) is 5.91 Å². The molecule has 5 nitrogen and oxygen atoms in total. The zero-order chi connectivity index (χ0) is 22.5. The lowest BCUT2D eigenvalue weighted by molar-refractivity contribution is -0.115. The number of nitrogens with one attached hydrogen (secondary N) is 2. The molecular formula is C25H18Cl2N2O3. The maximum atomic E-state index is 12.5. The quantitative estimate of drug-likeness (QED) is 0.333. The summed E-state index contributed by atoms with van der Waals surface area (Å²) >= 11 is 12.2. The molecular weight excluding hydrogens is 447 g/mol. The Morgan fingerprint density at radius 3 is 2.19 bits per heavy atom. The Kier molecular flexibility index (Phi) is 6.59. The Hall–Kier alpha value is -3.54. The van der Waals surface area contributed by atoms with Crippen molar-refractivity contribution in [2.75, 3.05) is 10.6 Å². The van der Waals surface area contributed by atoms with Gasteiger partial charge in [-0.1, -0.05) is 53.5 Å². The maximum Gasteiger partial charge on any atom is 0.291 e. The molecule has 4 rings (SSSR count). The van der Waals surface area contributed by atoms with Crippen LogP contribution in [0.3, 0.4) is 0 Å². The van der Waals surface area contributed by atoms with Crippen LogP contribution in [-0.2, 0) is 11.2 Å². The number of carbonyl (C=O) groups is 2. The summed E-state index contributed by atoms with van der Waals surface area (Å²) in [5.41, 5.74) is 2.74. The van der Waals surface area contributed by atoms with Crippen LogP contribution in [0, 0.1) is 0 Å². The Balaban J connectivity index is 1.37. The third-order valence-electron chi connectivity index (χ3n) is 4.66. The number of amides is 2. The molecule has 160 valence electrons. The minimum atomic E-state index is -0.407. The van der Waals surface area contributed by atoms with Crippen LogP contribution in [0.5, 0.6) is 0 Å². The van der Waals surface area contributed by atoms with Gasteiger partial charge in [0.05, 0.1) is 11.4 Å². The lowest BCUT2D eigenvalue weighted by atomic mass is 10.1. The van der Waals surface area contributed by atoms with Gasteiger partial charge in [0.15, 0.2) is 5.76 Å². The molecule has 3 aromatic carbocycles. The van der Waals surface area contributed by atoms with E-state index in [-0.39, 0.29) is 18.1 Å². The largest absolute Gasteiger partial charge is 0.451 e. The van der Waals surface area contributed by atoms with Gasteiger partial charge in [0.1, 0.15) is 5.76 Å². The fraction of sp³-hybridized carbons (Fsp3) is 0.0400. The van der Waals surface area contributed by atoms with Gasteiger partial charge in [0.2, 0.25) is 5.91 Å². The van der Waals surface area contributed by atoms with Crippen LogP contribution in [0.2, 0.25) is 10.0 Å². The number of furan rings is 1. The Labute approximate surface area is 195 Å². The van der Waals surface area contributed by atoms with E-state index in [4.69, 9.17) is 27.6 Å². The number of carbonyl (C=O) groups excluding carboxylic acids is 2. The number of anilines is 2. The van der Waals surface area contributed by atoms with Crippen molar-refractivity contribution in [3.63, 3.8) is 0 Å². The van der Waals surface area contributed by atoms with Crippen LogP contribution in [0.4, 0.5) is 11.4 Å². The first kappa shape index (κ1) is 21.7. The molecule has 0 radical (unpaired) electrons. The molecule has 0 fully saturated rings. The molecule has 0 bridgehead atoms. The minimum absolute atomic E-state index is 0.115. The summed E-state index contributed by atoms with van der Waals surface area (Å²) in [6.45, 7) is 0. The van der Waals surface area contributed by atoms with Crippen LogP contribution in [-0.4, -0.2) is 11.8 Å². The number of rotatable bonds is 6. The molecule has 0 atom stereocenters. The van der Waals surface area contributed by atoms with Crippen LogP contribution in [0.15, 0.2) is 89.3 Å². The third-order valence-corrected chi connectivity index (χ3v) is 5.22. The topological polar surface area (TPSA) is 71.3 Å². The van der Waals surface area contributed by atoms with E-state index >= 15 is 0 Å². The van der Waals surface area contributed by atoms with Crippen molar-refractivity contribution in [3.05, 3.63) is 106 Å². The van der Waals surface area contributed by atoms with E-state index in [1.165, 1.54) is 0 Å². The van der Waals surface area contributed by atoms with Gasteiger partial charge >= 0.3 is 0 Å². The van der Waals surface area contributed by atoms with Gasteiger partial charge in [0, 0.05) is 22.0 Å². The Morgan fingerprint density at radius 2 is 1.47 bits per heavy atom. The molecule has 1 aromatic heterocycles. The van der Waals surface area contributed by atoms with Crippen molar-refractivity contribution in [1.82, 2.24) is 0 Å². The molecule has 7 heteroatoms. The van der Waals surface area contributed by atoms with Crippen molar-refractivity contribution in [2.45, 2.75) is 6.42 Å². The average molecular weight is 465 g/mol. The first-order valence-electron chi connectivity index (χ1n) is 9.78.